The van der Waals surface area contributed by atoms with Crippen molar-refractivity contribution in [1.82, 2.24) is 4.98 Å². The van der Waals surface area contributed by atoms with Crippen LogP contribution >= 0.6 is 0 Å². The van der Waals surface area contributed by atoms with Crippen LogP contribution in [0.3, 0.4) is 0 Å². The second-order valence-electron chi connectivity index (χ2n) is 5.26. The molecular formula is C13H17NO2S. The molecule has 3 nitrogen and oxygen atoms in total. The summed E-state index contributed by atoms with van der Waals surface area (Å²) in [6.45, 7) is 1.98. The third-order valence-electron chi connectivity index (χ3n) is 4.05. The van der Waals surface area contributed by atoms with Crippen molar-refractivity contribution in [2.75, 3.05) is 0 Å². The molecule has 4 heteroatoms. The van der Waals surface area contributed by atoms with Gasteiger partial charge in [-0.05, 0) is 44.2 Å². The first kappa shape index (κ1) is 11.4. The molecule has 2 aliphatic rings. The maximum Gasteiger partial charge on any atom is 0.109 e. The first-order valence-corrected chi connectivity index (χ1v) is 7.42. The summed E-state index contributed by atoms with van der Waals surface area (Å²) in [5.41, 5.74) is 0.959. The van der Waals surface area contributed by atoms with Gasteiger partial charge < -0.3 is 5.11 Å². The molecule has 92 valence electrons. The predicted octanol–water partition coefficient (Wildman–Crippen LogP) is 1.65. The van der Waals surface area contributed by atoms with Crippen LogP contribution in [-0.4, -0.2) is 24.8 Å². The Kier molecular flexibility index (Phi) is 2.60. The van der Waals surface area contributed by atoms with Crippen LogP contribution in [0.1, 0.15) is 36.9 Å². The molecule has 0 aromatic carbocycles. The summed E-state index contributed by atoms with van der Waals surface area (Å²) >= 11 is 0. The van der Waals surface area contributed by atoms with Crippen LogP contribution in [0.15, 0.2) is 18.3 Å². The Morgan fingerprint density at radius 3 is 2.65 bits per heavy atom. The third-order valence-corrected chi connectivity index (χ3v) is 6.17. The number of fused-ring (bicyclic) bond motifs is 2. The van der Waals surface area contributed by atoms with Crippen molar-refractivity contribution in [3.8, 4) is 0 Å². The van der Waals surface area contributed by atoms with Gasteiger partial charge in [-0.25, -0.2) is 0 Å². The maximum absolute atomic E-state index is 12.0. The largest absolute Gasteiger partial charge is 0.383 e. The van der Waals surface area contributed by atoms with Gasteiger partial charge in [0.15, 0.2) is 0 Å². The first-order valence-electron chi connectivity index (χ1n) is 6.14. The fraction of sp³-hybridized carbons (Fsp3) is 0.615. The van der Waals surface area contributed by atoms with Crippen molar-refractivity contribution < 1.29 is 9.32 Å². The Hall–Kier alpha value is -0.740. The quantitative estimate of drug-likeness (QED) is 0.825. The molecule has 2 unspecified atom stereocenters. The molecule has 2 atom stereocenters. The van der Waals surface area contributed by atoms with Gasteiger partial charge in [0.2, 0.25) is 0 Å². The second-order valence-corrected chi connectivity index (χ2v) is 7.25. The van der Waals surface area contributed by atoms with Crippen LogP contribution in [0.2, 0.25) is 0 Å². The van der Waals surface area contributed by atoms with E-state index < -0.39 is 16.4 Å². The predicted molar refractivity (Wildman–Crippen MR) is 67.1 cm³/mol. The highest BCUT2D eigenvalue weighted by Gasteiger charge is 2.49. The van der Waals surface area contributed by atoms with Crippen molar-refractivity contribution >= 4 is 10.8 Å². The normalized spacial score (nSPS) is 40.5. The zero-order chi connectivity index (χ0) is 12.0. The molecule has 17 heavy (non-hydrogen) atoms. The number of aliphatic hydroxyl groups is 1. The number of pyridine rings is 1. The molecule has 0 radical (unpaired) electrons. The lowest BCUT2D eigenvalue weighted by atomic mass is 9.87. The van der Waals surface area contributed by atoms with Crippen LogP contribution in [0.25, 0.3) is 0 Å². The van der Waals surface area contributed by atoms with E-state index in [2.05, 4.69) is 4.98 Å². The second kappa shape index (κ2) is 3.89. The van der Waals surface area contributed by atoms with E-state index in [1.54, 1.807) is 6.20 Å². The Bertz CT molecular complexity index is 458. The number of rotatable bonds is 1. The zero-order valence-corrected chi connectivity index (χ0v) is 10.7. The van der Waals surface area contributed by atoms with Crippen molar-refractivity contribution in [2.45, 2.75) is 48.7 Å². The van der Waals surface area contributed by atoms with Crippen molar-refractivity contribution in [1.29, 1.82) is 0 Å². The van der Waals surface area contributed by atoms with Gasteiger partial charge in [0.05, 0.1) is 5.69 Å². The molecule has 0 spiro atoms. The van der Waals surface area contributed by atoms with E-state index in [1.165, 1.54) is 0 Å². The lowest BCUT2D eigenvalue weighted by Crippen LogP contribution is -2.41. The van der Waals surface area contributed by atoms with E-state index >= 15 is 0 Å². The van der Waals surface area contributed by atoms with Gasteiger partial charge in [-0.15, -0.1) is 0 Å². The molecule has 1 aromatic heterocycles. The highest BCUT2D eigenvalue weighted by molar-refractivity contribution is 7.86. The molecule has 2 saturated heterocycles. The van der Waals surface area contributed by atoms with Crippen LogP contribution in [0.5, 0.6) is 0 Å². The Morgan fingerprint density at radius 2 is 2.06 bits per heavy atom. The monoisotopic (exact) mass is 251 g/mol. The maximum atomic E-state index is 12.0. The average molecular weight is 251 g/mol. The van der Waals surface area contributed by atoms with Crippen LogP contribution in [0.4, 0.5) is 0 Å². The Balaban J connectivity index is 1.98. The fourth-order valence-corrected chi connectivity index (χ4v) is 5.41. The summed E-state index contributed by atoms with van der Waals surface area (Å²) in [5.74, 6) is 0. The summed E-state index contributed by atoms with van der Waals surface area (Å²) in [5, 5.41) is 11.2. The van der Waals surface area contributed by atoms with E-state index in [0.29, 0.717) is 12.8 Å². The molecule has 2 aliphatic heterocycles. The minimum atomic E-state index is -0.856. The van der Waals surface area contributed by atoms with Crippen molar-refractivity contribution in [3.05, 3.63) is 29.6 Å². The minimum Gasteiger partial charge on any atom is -0.383 e. The molecular weight excluding hydrogens is 234 g/mol. The van der Waals surface area contributed by atoms with Gasteiger partial charge in [-0.2, -0.15) is 0 Å². The Morgan fingerprint density at radius 1 is 1.41 bits per heavy atom. The van der Waals surface area contributed by atoms with Gasteiger partial charge >= 0.3 is 0 Å². The summed E-state index contributed by atoms with van der Waals surface area (Å²) < 4.78 is 12.0. The molecule has 0 amide bonds. The third kappa shape index (κ3) is 1.74. The number of hydrogen-bond acceptors (Lipinski definition) is 3. The van der Waals surface area contributed by atoms with E-state index in [-0.39, 0.29) is 10.5 Å². The first-order chi connectivity index (χ1) is 8.10. The van der Waals surface area contributed by atoms with Gasteiger partial charge in [0.1, 0.15) is 5.60 Å². The van der Waals surface area contributed by atoms with Gasteiger partial charge in [-0.3, -0.25) is 9.19 Å². The molecule has 3 heterocycles. The summed E-state index contributed by atoms with van der Waals surface area (Å²) in [7, 11) is -0.733. The zero-order valence-electron chi connectivity index (χ0n) is 9.93. The van der Waals surface area contributed by atoms with E-state index in [9.17, 15) is 9.32 Å². The number of nitrogens with zero attached hydrogens (tertiary/aromatic N) is 1. The van der Waals surface area contributed by atoms with Crippen molar-refractivity contribution in [2.24, 2.45) is 0 Å². The summed E-state index contributed by atoms with van der Waals surface area (Å²) in [6, 6.07) is 3.87. The van der Waals surface area contributed by atoms with Crippen LogP contribution in [-0.2, 0) is 16.4 Å². The molecule has 1 aromatic rings. The van der Waals surface area contributed by atoms with Crippen LogP contribution in [0, 0.1) is 6.92 Å². The molecule has 3 rings (SSSR count). The van der Waals surface area contributed by atoms with Gasteiger partial charge in [-0.1, -0.05) is 6.07 Å². The highest BCUT2D eigenvalue weighted by atomic mass is 32.2. The van der Waals surface area contributed by atoms with E-state index in [4.69, 9.17) is 0 Å². The smallest absolute Gasteiger partial charge is 0.109 e. The lowest BCUT2D eigenvalue weighted by molar-refractivity contribution is 0.0136. The van der Waals surface area contributed by atoms with E-state index in [0.717, 1.165) is 24.1 Å². The summed E-state index contributed by atoms with van der Waals surface area (Å²) in [4.78, 5) is 4.35. The molecule has 0 aliphatic carbocycles. The van der Waals surface area contributed by atoms with Crippen molar-refractivity contribution in [3.63, 3.8) is 0 Å². The number of aromatic nitrogens is 1. The fourth-order valence-electron chi connectivity index (χ4n) is 3.25. The molecule has 1 N–H and O–H groups in total. The number of aryl methyl sites for hydroxylation is 1. The molecule has 0 saturated carbocycles. The molecule has 2 bridgehead atoms. The lowest BCUT2D eigenvalue weighted by Gasteiger charge is -2.36. The Labute approximate surface area is 104 Å². The summed E-state index contributed by atoms with van der Waals surface area (Å²) in [6.07, 6.45) is 4.92. The highest BCUT2D eigenvalue weighted by Crippen LogP contribution is 2.45. The number of hydrogen-bond donors (Lipinski definition) is 1. The van der Waals surface area contributed by atoms with Gasteiger partial charge in [0, 0.05) is 27.5 Å². The average Bonchev–Trinajstić information content (AvgIpc) is 2.53. The van der Waals surface area contributed by atoms with Crippen LogP contribution < -0.4 is 0 Å². The SMILES string of the molecule is Cc1cccnc1C1(O)CC2CCC(C1)S2=O. The topological polar surface area (TPSA) is 50.2 Å². The molecule has 2 fully saturated rings. The standard InChI is InChI=1S/C13H17NO2S/c1-9-3-2-6-14-12(9)13(15)7-10-4-5-11(8-13)17(10)16/h2-3,6,10-11,15H,4-5,7-8H2,1H3. The van der Waals surface area contributed by atoms with Gasteiger partial charge in [0.25, 0.3) is 0 Å². The van der Waals surface area contributed by atoms with E-state index in [1.807, 2.05) is 19.1 Å². The minimum absolute atomic E-state index is 0.167.